The van der Waals surface area contributed by atoms with Crippen LogP contribution in [0.2, 0.25) is 0 Å². The van der Waals surface area contributed by atoms with Gasteiger partial charge in [-0.3, -0.25) is 4.68 Å². The van der Waals surface area contributed by atoms with E-state index in [1.807, 2.05) is 6.92 Å². The predicted molar refractivity (Wildman–Crippen MR) is 82.6 cm³/mol. The van der Waals surface area contributed by atoms with E-state index in [0.29, 0.717) is 23.9 Å². The average Bonchev–Trinajstić information content (AvgIpc) is 2.64. The Bertz CT molecular complexity index is 566. The van der Waals surface area contributed by atoms with E-state index in [1.54, 1.807) is 13.8 Å². The highest BCUT2D eigenvalue weighted by Crippen LogP contribution is 2.20. The first-order valence-corrected chi connectivity index (χ1v) is 8.88. The van der Waals surface area contributed by atoms with Crippen molar-refractivity contribution in [2.24, 2.45) is 5.92 Å². The summed E-state index contributed by atoms with van der Waals surface area (Å²) in [5.41, 5.74) is 1.02. The lowest BCUT2D eigenvalue weighted by Gasteiger charge is -2.17. The Morgan fingerprint density at radius 3 is 2.48 bits per heavy atom. The SMILES string of the molecule is CCC(C)CC(C)NS(=O)(=O)c1c(C)nn(CCO)c1C. The third-order valence-electron chi connectivity index (χ3n) is 3.70. The highest BCUT2D eigenvalue weighted by atomic mass is 32.2. The van der Waals surface area contributed by atoms with Crippen LogP contribution < -0.4 is 4.72 Å². The maximum atomic E-state index is 12.5. The van der Waals surface area contributed by atoms with Gasteiger partial charge in [0.2, 0.25) is 10.0 Å². The zero-order valence-electron chi connectivity index (χ0n) is 13.5. The summed E-state index contributed by atoms with van der Waals surface area (Å²) in [5, 5.41) is 13.2. The van der Waals surface area contributed by atoms with Crippen molar-refractivity contribution < 1.29 is 13.5 Å². The normalized spacial score (nSPS) is 15.1. The number of nitrogens with one attached hydrogen (secondary N) is 1. The number of hydrogen-bond acceptors (Lipinski definition) is 4. The highest BCUT2D eigenvalue weighted by Gasteiger charge is 2.26. The van der Waals surface area contributed by atoms with E-state index < -0.39 is 10.0 Å². The van der Waals surface area contributed by atoms with Crippen molar-refractivity contribution in [2.75, 3.05) is 6.61 Å². The Morgan fingerprint density at radius 2 is 1.95 bits per heavy atom. The van der Waals surface area contributed by atoms with Gasteiger partial charge in [-0.05, 0) is 33.1 Å². The lowest BCUT2D eigenvalue weighted by atomic mass is 10.0. The number of nitrogens with zero attached hydrogens (tertiary/aromatic N) is 2. The summed E-state index contributed by atoms with van der Waals surface area (Å²) < 4.78 is 29.4. The molecular formula is C14H27N3O3S. The van der Waals surface area contributed by atoms with E-state index in [9.17, 15) is 8.42 Å². The Kier molecular flexibility index (Phi) is 6.37. The van der Waals surface area contributed by atoms with Gasteiger partial charge < -0.3 is 5.11 Å². The Balaban J connectivity index is 2.98. The molecule has 0 saturated heterocycles. The molecule has 1 rings (SSSR count). The molecule has 0 aliphatic heterocycles. The molecule has 0 spiro atoms. The summed E-state index contributed by atoms with van der Waals surface area (Å²) in [4.78, 5) is 0.229. The predicted octanol–water partition coefficient (Wildman–Crippen LogP) is 1.60. The molecule has 122 valence electrons. The zero-order valence-corrected chi connectivity index (χ0v) is 14.4. The summed E-state index contributed by atoms with van der Waals surface area (Å²) in [6.07, 6.45) is 1.83. The van der Waals surface area contributed by atoms with Gasteiger partial charge in [-0.1, -0.05) is 20.3 Å². The molecule has 1 heterocycles. The van der Waals surface area contributed by atoms with E-state index in [4.69, 9.17) is 5.11 Å². The van der Waals surface area contributed by atoms with E-state index in [2.05, 4.69) is 23.7 Å². The number of hydrogen-bond donors (Lipinski definition) is 2. The number of aliphatic hydroxyl groups is 1. The van der Waals surface area contributed by atoms with Crippen molar-refractivity contribution in [3.63, 3.8) is 0 Å². The van der Waals surface area contributed by atoms with Crippen LogP contribution in [-0.4, -0.2) is 36.0 Å². The van der Waals surface area contributed by atoms with Crippen molar-refractivity contribution >= 4 is 10.0 Å². The monoisotopic (exact) mass is 317 g/mol. The molecule has 7 heteroatoms. The molecule has 0 aliphatic rings. The fourth-order valence-electron chi connectivity index (χ4n) is 2.52. The molecule has 1 aromatic rings. The van der Waals surface area contributed by atoms with Gasteiger partial charge in [0.05, 0.1) is 24.5 Å². The standard InChI is InChI=1S/C14H27N3O3S/c1-6-10(2)9-11(3)16-21(19,20)14-12(4)15-17(7-8-18)13(14)5/h10-11,16,18H,6-9H2,1-5H3. The second-order valence-corrected chi connectivity index (χ2v) is 7.37. The molecule has 21 heavy (non-hydrogen) atoms. The van der Waals surface area contributed by atoms with Gasteiger partial charge in [-0.25, -0.2) is 13.1 Å². The maximum absolute atomic E-state index is 12.5. The quantitative estimate of drug-likeness (QED) is 0.762. The van der Waals surface area contributed by atoms with E-state index >= 15 is 0 Å². The molecule has 6 nitrogen and oxygen atoms in total. The van der Waals surface area contributed by atoms with Crippen LogP contribution in [-0.2, 0) is 16.6 Å². The molecule has 0 aliphatic carbocycles. The van der Waals surface area contributed by atoms with Crippen LogP contribution >= 0.6 is 0 Å². The van der Waals surface area contributed by atoms with E-state index in [1.165, 1.54) is 4.68 Å². The summed E-state index contributed by atoms with van der Waals surface area (Å²) in [6, 6.07) is -0.120. The van der Waals surface area contributed by atoms with Crippen molar-refractivity contribution in [2.45, 2.75) is 64.9 Å². The molecule has 0 bridgehead atoms. The largest absolute Gasteiger partial charge is 0.394 e. The van der Waals surface area contributed by atoms with Crippen molar-refractivity contribution in [3.05, 3.63) is 11.4 Å². The van der Waals surface area contributed by atoms with Gasteiger partial charge in [0.25, 0.3) is 0 Å². The minimum absolute atomic E-state index is 0.0701. The third kappa shape index (κ3) is 4.52. The molecule has 0 fully saturated rings. The van der Waals surface area contributed by atoms with Crippen LogP contribution in [0.5, 0.6) is 0 Å². The molecule has 0 saturated carbocycles. The number of sulfonamides is 1. The molecule has 0 amide bonds. The number of aromatic nitrogens is 2. The Labute approximate surface area is 127 Å². The molecule has 0 aromatic carbocycles. The van der Waals surface area contributed by atoms with Gasteiger partial charge >= 0.3 is 0 Å². The van der Waals surface area contributed by atoms with Gasteiger partial charge in [0, 0.05) is 6.04 Å². The third-order valence-corrected chi connectivity index (χ3v) is 5.55. The van der Waals surface area contributed by atoms with Gasteiger partial charge in [0.1, 0.15) is 4.90 Å². The molecule has 2 N–H and O–H groups in total. The zero-order chi connectivity index (χ0) is 16.2. The molecule has 2 atom stereocenters. The van der Waals surface area contributed by atoms with Crippen molar-refractivity contribution in [1.82, 2.24) is 14.5 Å². The second kappa shape index (κ2) is 7.38. The van der Waals surface area contributed by atoms with Gasteiger partial charge in [0.15, 0.2) is 0 Å². The first-order chi connectivity index (χ1) is 9.72. The first-order valence-electron chi connectivity index (χ1n) is 7.40. The minimum atomic E-state index is -3.59. The van der Waals surface area contributed by atoms with E-state index in [-0.39, 0.29) is 17.5 Å². The molecular weight excluding hydrogens is 290 g/mol. The Hall–Kier alpha value is -0.920. The van der Waals surface area contributed by atoms with Gasteiger partial charge in [-0.2, -0.15) is 5.10 Å². The van der Waals surface area contributed by atoms with Crippen LogP contribution in [0.25, 0.3) is 0 Å². The lowest BCUT2D eigenvalue weighted by molar-refractivity contribution is 0.267. The maximum Gasteiger partial charge on any atom is 0.244 e. The molecule has 0 radical (unpaired) electrons. The first kappa shape index (κ1) is 18.1. The summed E-state index contributed by atoms with van der Waals surface area (Å²) >= 11 is 0. The highest BCUT2D eigenvalue weighted by molar-refractivity contribution is 7.89. The summed E-state index contributed by atoms with van der Waals surface area (Å²) in [7, 11) is -3.59. The lowest BCUT2D eigenvalue weighted by Crippen LogP contribution is -2.34. The van der Waals surface area contributed by atoms with Crippen LogP contribution in [0.15, 0.2) is 4.90 Å². The Morgan fingerprint density at radius 1 is 1.33 bits per heavy atom. The number of rotatable bonds is 8. The van der Waals surface area contributed by atoms with Crippen LogP contribution in [0, 0.1) is 19.8 Å². The molecule has 2 unspecified atom stereocenters. The summed E-state index contributed by atoms with van der Waals surface area (Å²) in [6.45, 7) is 9.70. The average molecular weight is 317 g/mol. The molecule has 1 aromatic heterocycles. The van der Waals surface area contributed by atoms with E-state index in [0.717, 1.165) is 12.8 Å². The fourth-order valence-corrected chi connectivity index (χ4v) is 4.19. The topological polar surface area (TPSA) is 84.2 Å². The summed E-state index contributed by atoms with van der Waals surface area (Å²) in [5.74, 6) is 0.474. The second-order valence-electron chi connectivity index (χ2n) is 5.72. The van der Waals surface area contributed by atoms with Crippen LogP contribution in [0.3, 0.4) is 0 Å². The smallest absolute Gasteiger partial charge is 0.244 e. The number of aryl methyl sites for hydroxylation is 1. The van der Waals surface area contributed by atoms with Crippen LogP contribution in [0.4, 0.5) is 0 Å². The number of aliphatic hydroxyl groups excluding tert-OH is 1. The minimum Gasteiger partial charge on any atom is -0.394 e. The van der Waals surface area contributed by atoms with Crippen molar-refractivity contribution in [1.29, 1.82) is 0 Å². The van der Waals surface area contributed by atoms with Gasteiger partial charge in [-0.15, -0.1) is 0 Å². The van der Waals surface area contributed by atoms with Crippen molar-refractivity contribution in [3.8, 4) is 0 Å². The van der Waals surface area contributed by atoms with Crippen LogP contribution in [0.1, 0.15) is 45.0 Å². The fraction of sp³-hybridized carbons (Fsp3) is 0.786.